The van der Waals surface area contributed by atoms with E-state index in [1.807, 2.05) is 44.3 Å². The number of carbonyl (C=O) groups excluding carboxylic acids is 1. The Labute approximate surface area is 164 Å². The van der Waals surface area contributed by atoms with Gasteiger partial charge >= 0.3 is 0 Å². The molecule has 146 valence electrons. The fraction of sp³-hybridized carbons (Fsp3) is 0.300. The molecule has 0 radical (unpaired) electrons. The second-order valence-corrected chi connectivity index (χ2v) is 6.85. The highest BCUT2D eigenvalue weighted by molar-refractivity contribution is 5.92. The van der Waals surface area contributed by atoms with Gasteiger partial charge in [0.1, 0.15) is 11.4 Å². The van der Waals surface area contributed by atoms with E-state index in [1.54, 1.807) is 36.0 Å². The summed E-state index contributed by atoms with van der Waals surface area (Å²) in [4.78, 5) is 22.6. The van der Waals surface area contributed by atoms with Crippen molar-refractivity contribution in [1.29, 1.82) is 0 Å². The molecule has 0 spiro atoms. The van der Waals surface area contributed by atoms with Gasteiger partial charge in [-0.05, 0) is 24.1 Å². The van der Waals surface area contributed by atoms with Crippen LogP contribution in [-0.4, -0.2) is 44.7 Å². The van der Waals surface area contributed by atoms with Gasteiger partial charge in [-0.15, -0.1) is 0 Å². The maximum Gasteiger partial charge on any atom is 0.272 e. The third-order valence-corrected chi connectivity index (χ3v) is 4.29. The van der Waals surface area contributed by atoms with Gasteiger partial charge in [0.05, 0.1) is 19.0 Å². The fourth-order valence-corrected chi connectivity index (χ4v) is 2.77. The van der Waals surface area contributed by atoms with Gasteiger partial charge in [0, 0.05) is 37.1 Å². The molecule has 2 aromatic heterocycles. The van der Waals surface area contributed by atoms with Gasteiger partial charge in [0.2, 0.25) is 5.95 Å². The van der Waals surface area contributed by atoms with Crippen LogP contribution in [0.3, 0.4) is 0 Å². The number of nitrogens with two attached hydrogens (primary N) is 1. The monoisotopic (exact) mass is 380 g/mol. The van der Waals surface area contributed by atoms with Crippen LogP contribution in [-0.2, 0) is 6.54 Å². The van der Waals surface area contributed by atoms with E-state index in [2.05, 4.69) is 15.1 Å². The molecule has 2 heterocycles. The number of hydrogen-bond donors (Lipinski definition) is 1. The quantitative estimate of drug-likeness (QED) is 0.706. The van der Waals surface area contributed by atoms with Crippen molar-refractivity contribution in [2.24, 2.45) is 0 Å². The molecule has 0 aliphatic carbocycles. The number of nitrogens with zero attached hydrogens (tertiary/aromatic N) is 5. The molecule has 0 bridgehead atoms. The summed E-state index contributed by atoms with van der Waals surface area (Å²) in [5.74, 6) is 0.798. The minimum Gasteiger partial charge on any atom is -0.497 e. The molecule has 8 heteroatoms. The Morgan fingerprint density at radius 3 is 2.79 bits per heavy atom. The molecule has 0 saturated heterocycles. The summed E-state index contributed by atoms with van der Waals surface area (Å²) >= 11 is 0. The summed E-state index contributed by atoms with van der Waals surface area (Å²) in [6, 6.07) is 9.30. The molecule has 3 rings (SSSR count). The molecule has 0 aliphatic heterocycles. The summed E-state index contributed by atoms with van der Waals surface area (Å²) < 4.78 is 6.99. The van der Waals surface area contributed by atoms with E-state index in [4.69, 9.17) is 10.5 Å². The topological polar surface area (TPSA) is 99.2 Å². The normalized spacial score (nSPS) is 10.9. The Bertz CT molecular complexity index is 982. The minimum atomic E-state index is -0.217. The van der Waals surface area contributed by atoms with Crippen LogP contribution in [0.2, 0.25) is 0 Å². The van der Waals surface area contributed by atoms with E-state index in [0.29, 0.717) is 12.2 Å². The average Bonchev–Trinajstić information content (AvgIpc) is 3.15. The molecule has 1 aromatic carbocycles. The molecule has 0 aliphatic rings. The molecule has 2 N–H and O–H groups in total. The molecule has 1 amide bonds. The first-order chi connectivity index (χ1) is 13.4. The first-order valence-corrected chi connectivity index (χ1v) is 8.95. The first-order valence-electron chi connectivity index (χ1n) is 8.95. The summed E-state index contributed by atoms with van der Waals surface area (Å²) in [7, 11) is 3.34. The van der Waals surface area contributed by atoms with Crippen LogP contribution in [0.1, 0.15) is 41.5 Å². The lowest BCUT2D eigenvalue weighted by Crippen LogP contribution is -2.27. The number of rotatable bonds is 6. The molecule has 0 saturated carbocycles. The highest BCUT2D eigenvalue weighted by atomic mass is 16.5. The van der Waals surface area contributed by atoms with Gasteiger partial charge in [0.15, 0.2) is 0 Å². The number of amides is 1. The number of nitrogen functional groups attached to an aromatic ring is 1. The second-order valence-electron chi connectivity index (χ2n) is 6.85. The highest BCUT2D eigenvalue weighted by Gasteiger charge is 2.17. The summed E-state index contributed by atoms with van der Waals surface area (Å²) in [6.07, 6.45) is 3.61. The molecule has 0 atom stereocenters. The lowest BCUT2D eigenvalue weighted by Gasteiger charge is -2.16. The number of aromatic nitrogens is 4. The largest absolute Gasteiger partial charge is 0.497 e. The van der Waals surface area contributed by atoms with Crippen molar-refractivity contribution in [1.82, 2.24) is 24.6 Å². The number of benzene rings is 1. The minimum absolute atomic E-state index is 0.105. The van der Waals surface area contributed by atoms with Crippen molar-refractivity contribution < 1.29 is 9.53 Å². The zero-order valence-electron chi connectivity index (χ0n) is 16.5. The Hall–Kier alpha value is -3.42. The SMILES string of the molecule is COc1cccc(-n2cc(CN(C)C(=O)c3cc(C(C)C)nc(N)n3)cn2)c1. The summed E-state index contributed by atoms with van der Waals surface area (Å²) in [5.41, 5.74) is 8.57. The van der Waals surface area contributed by atoms with E-state index in [9.17, 15) is 4.79 Å². The molecular formula is C20H24N6O2. The van der Waals surface area contributed by atoms with Crippen LogP contribution in [0.25, 0.3) is 5.69 Å². The van der Waals surface area contributed by atoms with E-state index in [0.717, 1.165) is 22.7 Å². The third kappa shape index (κ3) is 4.28. The maximum atomic E-state index is 12.8. The van der Waals surface area contributed by atoms with E-state index in [1.165, 1.54) is 0 Å². The van der Waals surface area contributed by atoms with Crippen molar-refractivity contribution in [3.05, 3.63) is 59.7 Å². The van der Waals surface area contributed by atoms with Gasteiger partial charge in [-0.3, -0.25) is 4.79 Å². The summed E-state index contributed by atoms with van der Waals surface area (Å²) in [6.45, 7) is 4.38. The molecule has 3 aromatic rings. The van der Waals surface area contributed by atoms with Crippen molar-refractivity contribution in [2.45, 2.75) is 26.3 Å². The Morgan fingerprint density at radius 1 is 1.29 bits per heavy atom. The second kappa shape index (κ2) is 8.08. The maximum absolute atomic E-state index is 12.8. The van der Waals surface area contributed by atoms with E-state index >= 15 is 0 Å². The number of hydrogen-bond acceptors (Lipinski definition) is 6. The zero-order valence-corrected chi connectivity index (χ0v) is 16.5. The molecule has 0 fully saturated rings. The first kappa shape index (κ1) is 19.3. The van der Waals surface area contributed by atoms with Crippen LogP contribution in [0.5, 0.6) is 5.75 Å². The van der Waals surface area contributed by atoms with Crippen LogP contribution >= 0.6 is 0 Å². The predicted octanol–water partition coefficient (Wildman–Crippen LogP) is 2.65. The van der Waals surface area contributed by atoms with Crippen LogP contribution in [0, 0.1) is 0 Å². The lowest BCUT2D eigenvalue weighted by atomic mass is 10.1. The van der Waals surface area contributed by atoms with Gasteiger partial charge in [-0.2, -0.15) is 5.10 Å². The molecular weight excluding hydrogens is 356 g/mol. The van der Waals surface area contributed by atoms with Crippen LogP contribution < -0.4 is 10.5 Å². The Kier molecular flexibility index (Phi) is 5.58. The number of carbonyl (C=O) groups is 1. The molecule has 8 nitrogen and oxygen atoms in total. The van der Waals surface area contributed by atoms with E-state index < -0.39 is 0 Å². The third-order valence-electron chi connectivity index (χ3n) is 4.29. The van der Waals surface area contributed by atoms with Crippen LogP contribution in [0.15, 0.2) is 42.7 Å². The van der Waals surface area contributed by atoms with Gasteiger partial charge in [-0.1, -0.05) is 19.9 Å². The fourth-order valence-electron chi connectivity index (χ4n) is 2.77. The lowest BCUT2D eigenvalue weighted by molar-refractivity contribution is 0.0779. The summed E-state index contributed by atoms with van der Waals surface area (Å²) in [5, 5.41) is 4.38. The standard InChI is InChI=1S/C20H24N6O2/c1-13(2)17-9-18(24-20(21)23-17)19(27)25(3)11-14-10-22-26(12-14)15-6-5-7-16(8-15)28-4/h5-10,12-13H,11H2,1-4H3,(H2,21,23,24). The molecule has 28 heavy (non-hydrogen) atoms. The number of methoxy groups -OCH3 is 1. The van der Waals surface area contributed by atoms with Gasteiger partial charge < -0.3 is 15.4 Å². The van der Waals surface area contributed by atoms with E-state index in [-0.39, 0.29) is 17.8 Å². The van der Waals surface area contributed by atoms with Gasteiger partial charge in [-0.25, -0.2) is 14.6 Å². The van der Waals surface area contributed by atoms with Gasteiger partial charge in [0.25, 0.3) is 5.91 Å². The van der Waals surface area contributed by atoms with Crippen molar-refractivity contribution in [2.75, 3.05) is 19.9 Å². The Balaban J connectivity index is 1.75. The van der Waals surface area contributed by atoms with Crippen molar-refractivity contribution >= 4 is 11.9 Å². The van der Waals surface area contributed by atoms with Crippen molar-refractivity contribution in [3.8, 4) is 11.4 Å². The van der Waals surface area contributed by atoms with Crippen LogP contribution in [0.4, 0.5) is 5.95 Å². The zero-order chi connectivity index (χ0) is 20.3. The Morgan fingerprint density at radius 2 is 2.07 bits per heavy atom. The predicted molar refractivity (Wildman–Crippen MR) is 106 cm³/mol. The highest BCUT2D eigenvalue weighted by Crippen LogP contribution is 2.18. The average molecular weight is 380 g/mol. The van der Waals surface area contributed by atoms with Crippen molar-refractivity contribution in [3.63, 3.8) is 0 Å². The number of anilines is 1. The molecule has 0 unspecified atom stereocenters. The number of ether oxygens (including phenoxy) is 1. The smallest absolute Gasteiger partial charge is 0.272 e.